The fourth-order valence-corrected chi connectivity index (χ4v) is 2.34. The van der Waals surface area contributed by atoms with Crippen LogP contribution in [0.3, 0.4) is 0 Å². The molecule has 2 aromatic carbocycles. The molecule has 0 spiro atoms. The summed E-state index contributed by atoms with van der Waals surface area (Å²) in [5.41, 5.74) is 3.16. The van der Waals surface area contributed by atoms with Crippen LogP contribution in [0.2, 0.25) is 0 Å². The van der Waals surface area contributed by atoms with E-state index in [-0.39, 0.29) is 17.2 Å². The second kappa shape index (κ2) is 9.81. The van der Waals surface area contributed by atoms with Crippen molar-refractivity contribution >= 4 is 35.5 Å². The first-order chi connectivity index (χ1) is 13.8. The summed E-state index contributed by atoms with van der Waals surface area (Å²) in [4.78, 5) is 46.7. The summed E-state index contributed by atoms with van der Waals surface area (Å²) in [6.45, 7) is 2.65. The van der Waals surface area contributed by atoms with Crippen LogP contribution in [0.1, 0.15) is 29.8 Å². The predicted molar refractivity (Wildman–Crippen MR) is 106 cm³/mol. The molecule has 0 saturated heterocycles. The molecule has 2 rings (SSSR count). The van der Waals surface area contributed by atoms with Crippen molar-refractivity contribution in [3.8, 4) is 5.75 Å². The largest absolute Gasteiger partial charge is 0.427 e. The van der Waals surface area contributed by atoms with Gasteiger partial charge in [0, 0.05) is 25.1 Å². The van der Waals surface area contributed by atoms with Gasteiger partial charge in [0.05, 0.1) is 0 Å². The van der Waals surface area contributed by atoms with Crippen molar-refractivity contribution in [3.63, 3.8) is 0 Å². The molecule has 0 aliphatic carbocycles. The van der Waals surface area contributed by atoms with Gasteiger partial charge in [-0.2, -0.15) is 0 Å². The fourth-order valence-electron chi connectivity index (χ4n) is 2.34. The summed E-state index contributed by atoms with van der Waals surface area (Å²) in [5.74, 6) is 3.51. The quantitative estimate of drug-likeness (QED) is 0.145. The third-order valence-corrected chi connectivity index (χ3v) is 3.52. The third kappa shape index (κ3) is 6.60. The average molecular weight is 396 g/mol. The molecular formula is C20H20N4O5. The molecule has 0 aliphatic rings. The Kier molecular flexibility index (Phi) is 7.21. The number of benzene rings is 2. The lowest BCUT2D eigenvalue weighted by atomic mass is 10.1. The summed E-state index contributed by atoms with van der Waals surface area (Å²) >= 11 is 0. The maximum Gasteiger partial charge on any atom is 0.308 e. The van der Waals surface area contributed by atoms with E-state index in [0.29, 0.717) is 17.0 Å². The molecule has 29 heavy (non-hydrogen) atoms. The van der Waals surface area contributed by atoms with E-state index >= 15 is 0 Å². The van der Waals surface area contributed by atoms with Gasteiger partial charge in [0.15, 0.2) is 0 Å². The van der Waals surface area contributed by atoms with E-state index in [1.54, 1.807) is 30.3 Å². The van der Waals surface area contributed by atoms with Crippen LogP contribution in [0.25, 0.3) is 6.08 Å². The van der Waals surface area contributed by atoms with E-state index in [0.717, 1.165) is 0 Å². The highest BCUT2D eigenvalue weighted by molar-refractivity contribution is 6.05. The number of anilines is 1. The highest BCUT2D eigenvalue weighted by Crippen LogP contribution is 2.16. The minimum Gasteiger partial charge on any atom is -0.427 e. The van der Waals surface area contributed by atoms with Crippen LogP contribution in [0.5, 0.6) is 5.75 Å². The van der Waals surface area contributed by atoms with Crippen molar-refractivity contribution in [2.45, 2.75) is 13.8 Å². The van der Waals surface area contributed by atoms with E-state index < -0.39 is 17.8 Å². The van der Waals surface area contributed by atoms with Crippen molar-refractivity contribution in [1.82, 2.24) is 10.7 Å². The van der Waals surface area contributed by atoms with Gasteiger partial charge in [0.25, 0.3) is 11.8 Å². The Bertz CT molecular complexity index is 967. The lowest BCUT2D eigenvalue weighted by Crippen LogP contribution is -2.38. The molecule has 0 atom stereocenters. The molecule has 0 radical (unpaired) electrons. The van der Waals surface area contributed by atoms with E-state index in [1.165, 1.54) is 38.1 Å². The van der Waals surface area contributed by atoms with Crippen LogP contribution in [-0.2, 0) is 14.4 Å². The monoisotopic (exact) mass is 396 g/mol. The van der Waals surface area contributed by atoms with Gasteiger partial charge in [-0.15, -0.1) is 0 Å². The van der Waals surface area contributed by atoms with E-state index in [2.05, 4.69) is 10.6 Å². The molecule has 2 aromatic rings. The van der Waals surface area contributed by atoms with Crippen molar-refractivity contribution < 1.29 is 23.9 Å². The first kappa shape index (κ1) is 21.3. The molecule has 3 amide bonds. The number of ether oxygens (including phenoxy) is 1. The van der Waals surface area contributed by atoms with Crippen LogP contribution >= 0.6 is 0 Å². The number of carbonyl (C=O) groups excluding carboxylic acids is 4. The van der Waals surface area contributed by atoms with Crippen molar-refractivity contribution in [3.05, 3.63) is 65.4 Å². The summed E-state index contributed by atoms with van der Waals surface area (Å²) in [6, 6.07) is 12.5. The molecule has 0 aromatic heterocycles. The van der Waals surface area contributed by atoms with Gasteiger partial charge < -0.3 is 15.4 Å². The highest BCUT2D eigenvalue weighted by atomic mass is 16.5. The Morgan fingerprint density at radius 3 is 2.28 bits per heavy atom. The van der Waals surface area contributed by atoms with E-state index in [4.69, 9.17) is 10.6 Å². The molecule has 9 heteroatoms. The number of carbonyl (C=O) groups is 4. The van der Waals surface area contributed by atoms with Gasteiger partial charge in [0.1, 0.15) is 11.4 Å². The predicted octanol–water partition coefficient (Wildman–Crippen LogP) is 1.33. The standard InChI is InChI=1S/C20H20N4O5/c1-12(25)22-16-8-6-15(7-9-16)19(27)23-18(20(28)24-21)11-14-4-3-5-17(10-14)29-13(2)26/h3-11H,21H2,1-2H3,(H,22,25)(H,23,27)(H,24,28)/b18-11-. The number of rotatable bonds is 6. The lowest BCUT2D eigenvalue weighted by Gasteiger charge is -2.10. The van der Waals surface area contributed by atoms with Crippen LogP contribution in [0.4, 0.5) is 5.69 Å². The highest BCUT2D eigenvalue weighted by Gasteiger charge is 2.14. The number of nitrogens with two attached hydrogens (primary N) is 1. The maximum atomic E-state index is 12.5. The van der Waals surface area contributed by atoms with Gasteiger partial charge in [-0.3, -0.25) is 24.6 Å². The van der Waals surface area contributed by atoms with Gasteiger partial charge >= 0.3 is 5.97 Å². The Labute approximate surface area is 166 Å². The van der Waals surface area contributed by atoms with Crippen LogP contribution in [0.15, 0.2) is 54.2 Å². The first-order valence-electron chi connectivity index (χ1n) is 8.48. The van der Waals surface area contributed by atoms with Crippen molar-refractivity contribution in [2.75, 3.05) is 5.32 Å². The van der Waals surface area contributed by atoms with Crippen LogP contribution < -0.4 is 26.6 Å². The zero-order chi connectivity index (χ0) is 21.4. The molecule has 0 heterocycles. The zero-order valence-electron chi connectivity index (χ0n) is 15.8. The number of hydrogen-bond donors (Lipinski definition) is 4. The smallest absolute Gasteiger partial charge is 0.308 e. The topological polar surface area (TPSA) is 140 Å². The molecule has 0 fully saturated rings. The van der Waals surface area contributed by atoms with Crippen LogP contribution in [0, 0.1) is 0 Å². The minimum absolute atomic E-state index is 0.108. The molecule has 150 valence electrons. The summed E-state index contributed by atoms with van der Waals surface area (Å²) in [6.07, 6.45) is 1.39. The lowest BCUT2D eigenvalue weighted by molar-refractivity contribution is -0.132. The van der Waals surface area contributed by atoms with Crippen molar-refractivity contribution in [2.24, 2.45) is 5.84 Å². The second-order valence-electron chi connectivity index (χ2n) is 5.91. The summed E-state index contributed by atoms with van der Waals surface area (Å²) in [5, 5.41) is 5.08. The maximum absolute atomic E-state index is 12.5. The van der Waals surface area contributed by atoms with Crippen molar-refractivity contribution in [1.29, 1.82) is 0 Å². The summed E-state index contributed by atoms with van der Waals surface area (Å²) < 4.78 is 5.00. The normalized spacial score (nSPS) is 10.7. The van der Waals surface area contributed by atoms with Gasteiger partial charge in [-0.25, -0.2) is 5.84 Å². The van der Waals surface area contributed by atoms with Gasteiger partial charge in [-0.1, -0.05) is 12.1 Å². The molecule has 0 bridgehead atoms. The SMILES string of the molecule is CC(=O)Nc1ccc(C(=O)N/C(=C\c2cccc(OC(C)=O)c2)C(=O)NN)cc1. The molecule has 9 nitrogen and oxygen atoms in total. The van der Waals surface area contributed by atoms with Gasteiger partial charge in [0.2, 0.25) is 5.91 Å². The molecule has 5 N–H and O–H groups in total. The third-order valence-electron chi connectivity index (χ3n) is 3.52. The van der Waals surface area contributed by atoms with E-state index in [1.807, 2.05) is 5.43 Å². The summed E-state index contributed by atoms with van der Waals surface area (Å²) in [7, 11) is 0. The fraction of sp³-hybridized carbons (Fsp3) is 0.100. The Morgan fingerprint density at radius 1 is 1.00 bits per heavy atom. The minimum atomic E-state index is -0.717. The Morgan fingerprint density at radius 2 is 1.69 bits per heavy atom. The second-order valence-corrected chi connectivity index (χ2v) is 5.91. The number of amides is 3. The van der Waals surface area contributed by atoms with Crippen LogP contribution in [-0.4, -0.2) is 23.7 Å². The number of hydrazine groups is 1. The Balaban J connectivity index is 2.23. The molecule has 0 unspecified atom stereocenters. The Hall–Kier alpha value is -3.98. The van der Waals surface area contributed by atoms with E-state index in [9.17, 15) is 19.2 Å². The average Bonchev–Trinajstić information content (AvgIpc) is 2.66. The number of esters is 1. The molecule has 0 saturated carbocycles. The number of hydrogen-bond acceptors (Lipinski definition) is 6. The zero-order valence-corrected chi connectivity index (χ0v) is 15.8. The van der Waals surface area contributed by atoms with Gasteiger partial charge in [-0.05, 0) is 48.0 Å². The molecular weight excluding hydrogens is 376 g/mol. The first-order valence-corrected chi connectivity index (χ1v) is 8.48. The number of nitrogens with one attached hydrogen (secondary N) is 3. The molecule has 0 aliphatic heterocycles.